The van der Waals surface area contributed by atoms with Crippen LogP contribution in [0.15, 0.2) is 66.7 Å². The molecular weight excluding hydrogens is 434 g/mol. The van der Waals surface area contributed by atoms with Crippen LogP contribution in [-0.2, 0) is 6.42 Å². The number of aliphatic hydroxyl groups excluding tert-OH is 1. The number of carboxylic acids is 1. The number of fused-ring (bicyclic) bond motifs is 1. The Kier molecular flexibility index (Phi) is 7.67. The summed E-state index contributed by atoms with van der Waals surface area (Å²) < 4.78 is 17.7. The highest BCUT2D eigenvalue weighted by molar-refractivity contribution is 5.90. The summed E-state index contributed by atoms with van der Waals surface area (Å²) in [7, 11) is 0. The predicted octanol–water partition coefficient (Wildman–Crippen LogP) is 4.21. The van der Waals surface area contributed by atoms with Gasteiger partial charge >= 0.3 is 5.97 Å². The average molecular weight is 464 g/mol. The van der Waals surface area contributed by atoms with Crippen LogP contribution in [0, 0.1) is 6.92 Å². The molecule has 4 rings (SSSR count). The van der Waals surface area contributed by atoms with E-state index in [0.717, 1.165) is 29.9 Å². The molecule has 1 heterocycles. The van der Waals surface area contributed by atoms with Crippen LogP contribution in [0.2, 0.25) is 0 Å². The minimum atomic E-state index is -0.974. The molecule has 0 aliphatic carbocycles. The summed E-state index contributed by atoms with van der Waals surface area (Å²) in [6, 6.07) is 20.1. The van der Waals surface area contributed by atoms with Gasteiger partial charge in [-0.25, -0.2) is 4.79 Å². The molecule has 34 heavy (non-hydrogen) atoms. The number of hydrogen-bond donors (Lipinski definition) is 3. The summed E-state index contributed by atoms with van der Waals surface area (Å²) in [5, 5.41) is 22.7. The number of nitrogens with one attached hydrogen (secondary N) is 1. The Morgan fingerprint density at radius 2 is 1.94 bits per heavy atom. The van der Waals surface area contributed by atoms with Gasteiger partial charge in [-0.3, -0.25) is 0 Å². The second-order valence-electron chi connectivity index (χ2n) is 8.32. The highest BCUT2D eigenvalue weighted by atomic mass is 16.5. The third kappa shape index (κ3) is 6.07. The fourth-order valence-electron chi connectivity index (χ4n) is 3.89. The number of aliphatic hydroxyl groups is 1. The van der Waals surface area contributed by atoms with E-state index < -0.39 is 12.1 Å². The fourth-order valence-corrected chi connectivity index (χ4v) is 3.89. The molecule has 0 spiro atoms. The maximum absolute atomic E-state index is 11.4. The Hall–Kier alpha value is -3.55. The topological polar surface area (TPSA) is 97.3 Å². The quantitative estimate of drug-likeness (QED) is 0.414. The molecule has 0 amide bonds. The standard InChI is InChI=1S/C27H29NO6/c1-18-24(27(30)31)8-5-9-25(18)33-22-12-13-26-19(14-22)10-11-23(34-26)16-28-15-20(29)17-32-21-6-3-2-4-7-21/h2-9,12-14,20,23,28-29H,10-11,15-17H2,1H3,(H,30,31)/t20-,23+/m0/s1. The zero-order chi connectivity index (χ0) is 23.9. The molecule has 3 aromatic rings. The van der Waals surface area contributed by atoms with Gasteiger partial charge in [-0.05, 0) is 67.8 Å². The lowest BCUT2D eigenvalue weighted by atomic mass is 10.0. The maximum atomic E-state index is 11.4. The van der Waals surface area contributed by atoms with Crippen molar-refractivity contribution < 1.29 is 29.2 Å². The Morgan fingerprint density at radius 1 is 1.12 bits per heavy atom. The minimum Gasteiger partial charge on any atom is -0.491 e. The lowest BCUT2D eigenvalue weighted by molar-refractivity contribution is 0.0695. The second kappa shape index (κ2) is 11.0. The van der Waals surface area contributed by atoms with Crippen molar-refractivity contribution in [3.63, 3.8) is 0 Å². The van der Waals surface area contributed by atoms with Gasteiger partial charge in [0.05, 0.1) is 5.56 Å². The Balaban J connectivity index is 1.26. The van der Waals surface area contributed by atoms with Crippen LogP contribution in [0.4, 0.5) is 0 Å². The van der Waals surface area contributed by atoms with Gasteiger partial charge in [0, 0.05) is 18.7 Å². The summed E-state index contributed by atoms with van der Waals surface area (Å²) in [6.45, 7) is 3.01. The van der Waals surface area contributed by atoms with Gasteiger partial charge in [-0.1, -0.05) is 24.3 Å². The monoisotopic (exact) mass is 463 g/mol. The number of aryl methyl sites for hydroxylation is 1. The van der Waals surface area contributed by atoms with Crippen molar-refractivity contribution in [2.75, 3.05) is 19.7 Å². The van der Waals surface area contributed by atoms with Gasteiger partial charge in [0.25, 0.3) is 0 Å². The summed E-state index contributed by atoms with van der Waals surface area (Å²) in [5.41, 5.74) is 1.87. The number of benzene rings is 3. The first-order valence-corrected chi connectivity index (χ1v) is 11.4. The number of carboxylic acid groups (broad SMARTS) is 1. The highest BCUT2D eigenvalue weighted by Crippen LogP contribution is 2.34. The van der Waals surface area contributed by atoms with Gasteiger partial charge in [0.15, 0.2) is 0 Å². The largest absolute Gasteiger partial charge is 0.491 e. The summed E-state index contributed by atoms with van der Waals surface area (Å²) in [5.74, 6) is 1.74. The zero-order valence-corrected chi connectivity index (χ0v) is 19.1. The molecule has 3 aromatic carbocycles. The summed E-state index contributed by atoms with van der Waals surface area (Å²) in [4.78, 5) is 11.4. The van der Waals surface area contributed by atoms with Crippen molar-refractivity contribution in [2.45, 2.75) is 32.0 Å². The van der Waals surface area contributed by atoms with Gasteiger partial charge in [-0.2, -0.15) is 0 Å². The van der Waals surface area contributed by atoms with E-state index in [1.165, 1.54) is 0 Å². The van der Waals surface area contributed by atoms with E-state index >= 15 is 0 Å². The van der Waals surface area contributed by atoms with Gasteiger partial charge < -0.3 is 29.7 Å². The summed E-state index contributed by atoms with van der Waals surface area (Å²) in [6.07, 6.45) is 1.08. The molecule has 0 saturated carbocycles. The average Bonchev–Trinajstić information content (AvgIpc) is 2.84. The molecule has 3 N–H and O–H groups in total. The fraction of sp³-hybridized carbons (Fsp3) is 0.296. The molecular formula is C27H29NO6. The van der Waals surface area contributed by atoms with Crippen LogP contribution in [0.5, 0.6) is 23.0 Å². The van der Waals surface area contributed by atoms with E-state index in [4.69, 9.17) is 14.2 Å². The van der Waals surface area contributed by atoms with Crippen LogP contribution >= 0.6 is 0 Å². The third-order valence-electron chi connectivity index (χ3n) is 5.74. The smallest absolute Gasteiger partial charge is 0.336 e. The summed E-state index contributed by atoms with van der Waals surface area (Å²) >= 11 is 0. The van der Waals surface area contributed by atoms with Gasteiger partial charge in [-0.15, -0.1) is 0 Å². The van der Waals surface area contributed by atoms with E-state index in [0.29, 0.717) is 30.2 Å². The highest BCUT2D eigenvalue weighted by Gasteiger charge is 2.21. The molecule has 7 heteroatoms. The number of para-hydroxylation sites is 1. The molecule has 2 atom stereocenters. The Bertz CT molecular complexity index is 1120. The number of ether oxygens (including phenoxy) is 3. The molecule has 0 aromatic heterocycles. The SMILES string of the molecule is Cc1c(Oc2ccc3c(c2)CC[C@H](CNC[C@H](O)COc2ccccc2)O3)cccc1C(=O)O. The van der Waals surface area contributed by atoms with Gasteiger partial charge in [0.1, 0.15) is 41.8 Å². The van der Waals surface area contributed by atoms with Crippen LogP contribution in [0.25, 0.3) is 0 Å². The lowest BCUT2D eigenvalue weighted by Gasteiger charge is -2.27. The molecule has 0 unspecified atom stereocenters. The first-order chi connectivity index (χ1) is 16.5. The number of hydrogen-bond acceptors (Lipinski definition) is 6. The Morgan fingerprint density at radius 3 is 2.74 bits per heavy atom. The Labute approximate surface area is 198 Å². The zero-order valence-electron chi connectivity index (χ0n) is 19.1. The first-order valence-electron chi connectivity index (χ1n) is 11.4. The molecule has 1 aliphatic rings. The number of aromatic carboxylic acids is 1. The predicted molar refractivity (Wildman–Crippen MR) is 128 cm³/mol. The minimum absolute atomic E-state index is 0.0102. The molecule has 0 bridgehead atoms. The second-order valence-corrected chi connectivity index (χ2v) is 8.32. The van der Waals surface area contributed by atoms with E-state index in [1.807, 2.05) is 48.5 Å². The van der Waals surface area contributed by atoms with Crippen molar-refractivity contribution in [3.05, 3.63) is 83.4 Å². The van der Waals surface area contributed by atoms with Crippen molar-refractivity contribution in [1.29, 1.82) is 0 Å². The third-order valence-corrected chi connectivity index (χ3v) is 5.74. The maximum Gasteiger partial charge on any atom is 0.336 e. The van der Waals surface area contributed by atoms with Gasteiger partial charge in [0.2, 0.25) is 0 Å². The van der Waals surface area contributed by atoms with Crippen LogP contribution in [0.1, 0.15) is 27.9 Å². The molecule has 178 valence electrons. The molecule has 7 nitrogen and oxygen atoms in total. The van der Waals surface area contributed by atoms with Crippen LogP contribution in [0.3, 0.4) is 0 Å². The number of carbonyl (C=O) groups is 1. The molecule has 0 radical (unpaired) electrons. The number of rotatable bonds is 10. The molecule has 0 saturated heterocycles. The molecule has 0 fully saturated rings. The molecule has 1 aliphatic heterocycles. The van der Waals surface area contributed by atoms with Crippen molar-refractivity contribution in [3.8, 4) is 23.0 Å². The first kappa shape index (κ1) is 23.6. The van der Waals surface area contributed by atoms with E-state index in [1.54, 1.807) is 25.1 Å². The van der Waals surface area contributed by atoms with Crippen LogP contribution < -0.4 is 19.5 Å². The van der Waals surface area contributed by atoms with Crippen LogP contribution in [-0.4, -0.2) is 48.1 Å². The lowest BCUT2D eigenvalue weighted by Crippen LogP contribution is -2.39. The normalized spacial score (nSPS) is 15.6. The van der Waals surface area contributed by atoms with E-state index in [9.17, 15) is 15.0 Å². The van der Waals surface area contributed by atoms with Crippen molar-refractivity contribution in [1.82, 2.24) is 5.32 Å². The van der Waals surface area contributed by atoms with Crippen molar-refractivity contribution in [2.24, 2.45) is 0 Å². The van der Waals surface area contributed by atoms with E-state index in [2.05, 4.69) is 5.32 Å². The van der Waals surface area contributed by atoms with E-state index in [-0.39, 0.29) is 18.3 Å². The van der Waals surface area contributed by atoms with Crippen molar-refractivity contribution >= 4 is 5.97 Å².